The van der Waals surface area contributed by atoms with Crippen molar-refractivity contribution >= 4 is 6.03 Å². The summed E-state index contributed by atoms with van der Waals surface area (Å²) in [6.45, 7) is 2.72. The molecule has 2 N–H and O–H groups in total. The average molecular weight is 251 g/mol. The van der Waals surface area contributed by atoms with Crippen LogP contribution in [0.4, 0.5) is 4.79 Å². The van der Waals surface area contributed by atoms with E-state index >= 15 is 0 Å². The maximum atomic E-state index is 11.2. The SMILES string of the molecule is CN(C)C(=O)NCCNCCOc1ccccc1. The second-order valence-corrected chi connectivity index (χ2v) is 4.04. The molecular weight excluding hydrogens is 230 g/mol. The molecule has 0 aliphatic rings. The number of nitrogens with zero attached hydrogens (tertiary/aromatic N) is 1. The van der Waals surface area contributed by atoms with Crippen molar-refractivity contribution in [2.45, 2.75) is 0 Å². The quantitative estimate of drug-likeness (QED) is 0.709. The highest BCUT2D eigenvalue weighted by Gasteiger charge is 2.00. The van der Waals surface area contributed by atoms with Gasteiger partial charge in [-0.1, -0.05) is 18.2 Å². The van der Waals surface area contributed by atoms with E-state index in [2.05, 4.69) is 10.6 Å². The molecule has 0 bridgehead atoms. The Bertz CT molecular complexity index is 341. The minimum Gasteiger partial charge on any atom is -0.492 e. The van der Waals surface area contributed by atoms with Gasteiger partial charge >= 0.3 is 6.03 Å². The Balaban J connectivity index is 1.95. The number of para-hydroxylation sites is 1. The van der Waals surface area contributed by atoms with Crippen molar-refractivity contribution in [3.63, 3.8) is 0 Å². The van der Waals surface area contributed by atoms with Crippen LogP contribution in [0, 0.1) is 0 Å². The first-order valence-electron chi connectivity index (χ1n) is 6.04. The summed E-state index contributed by atoms with van der Waals surface area (Å²) in [7, 11) is 3.44. The Morgan fingerprint density at radius 3 is 2.56 bits per heavy atom. The lowest BCUT2D eigenvalue weighted by Gasteiger charge is -2.12. The van der Waals surface area contributed by atoms with Gasteiger partial charge < -0.3 is 20.3 Å². The summed E-state index contributed by atoms with van der Waals surface area (Å²) in [5.41, 5.74) is 0. The third-order valence-corrected chi connectivity index (χ3v) is 2.27. The molecule has 0 atom stereocenters. The first-order chi connectivity index (χ1) is 8.70. The highest BCUT2D eigenvalue weighted by molar-refractivity contribution is 5.73. The lowest BCUT2D eigenvalue weighted by Crippen LogP contribution is -2.39. The molecule has 5 heteroatoms. The van der Waals surface area contributed by atoms with Crippen molar-refractivity contribution in [2.75, 3.05) is 40.3 Å². The number of carbonyl (C=O) groups excluding carboxylic acids is 1. The van der Waals surface area contributed by atoms with Gasteiger partial charge in [-0.15, -0.1) is 0 Å². The lowest BCUT2D eigenvalue weighted by molar-refractivity contribution is 0.217. The predicted octanol–water partition coefficient (Wildman–Crippen LogP) is 0.926. The number of amides is 2. The molecule has 0 aliphatic heterocycles. The van der Waals surface area contributed by atoms with Gasteiger partial charge in [0, 0.05) is 33.7 Å². The molecule has 100 valence electrons. The molecule has 0 saturated heterocycles. The summed E-state index contributed by atoms with van der Waals surface area (Å²) in [5.74, 6) is 0.875. The van der Waals surface area contributed by atoms with Crippen LogP contribution in [-0.4, -0.2) is 51.3 Å². The number of nitrogens with one attached hydrogen (secondary N) is 2. The largest absolute Gasteiger partial charge is 0.492 e. The van der Waals surface area contributed by atoms with Crippen LogP contribution in [0.15, 0.2) is 30.3 Å². The number of urea groups is 1. The normalized spacial score (nSPS) is 9.89. The van der Waals surface area contributed by atoms with Crippen LogP contribution >= 0.6 is 0 Å². The number of carbonyl (C=O) groups is 1. The van der Waals surface area contributed by atoms with Crippen LogP contribution in [0.1, 0.15) is 0 Å². The number of rotatable bonds is 7. The van der Waals surface area contributed by atoms with E-state index in [0.717, 1.165) is 18.8 Å². The maximum Gasteiger partial charge on any atom is 0.316 e. The van der Waals surface area contributed by atoms with Gasteiger partial charge in [-0.05, 0) is 12.1 Å². The van der Waals surface area contributed by atoms with E-state index < -0.39 is 0 Å². The predicted molar refractivity (Wildman–Crippen MR) is 71.9 cm³/mol. The fraction of sp³-hybridized carbons (Fsp3) is 0.462. The van der Waals surface area contributed by atoms with Crippen molar-refractivity contribution in [3.8, 4) is 5.75 Å². The molecule has 0 fully saturated rings. The van der Waals surface area contributed by atoms with E-state index in [0.29, 0.717) is 13.2 Å². The summed E-state index contributed by atoms with van der Waals surface area (Å²) in [6.07, 6.45) is 0. The monoisotopic (exact) mass is 251 g/mol. The summed E-state index contributed by atoms with van der Waals surface area (Å²) < 4.78 is 5.51. The summed E-state index contributed by atoms with van der Waals surface area (Å²) in [6, 6.07) is 9.63. The van der Waals surface area contributed by atoms with Gasteiger partial charge in [-0.25, -0.2) is 4.79 Å². The maximum absolute atomic E-state index is 11.2. The molecule has 0 unspecified atom stereocenters. The third-order valence-electron chi connectivity index (χ3n) is 2.27. The highest BCUT2D eigenvalue weighted by atomic mass is 16.5. The molecule has 0 spiro atoms. The number of hydrogen-bond acceptors (Lipinski definition) is 3. The van der Waals surface area contributed by atoms with E-state index in [1.54, 1.807) is 14.1 Å². The Hall–Kier alpha value is -1.75. The zero-order valence-corrected chi connectivity index (χ0v) is 11.0. The van der Waals surface area contributed by atoms with E-state index in [1.165, 1.54) is 4.90 Å². The lowest BCUT2D eigenvalue weighted by atomic mass is 10.3. The standard InChI is InChI=1S/C13H21N3O2/c1-16(2)13(17)15-9-8-14-10-11-18-12-6-4-3-5-7-12/h3-7,14H,8-11H2,1-2H3,(H,15,17). The highest BCUT2D eigenvalue weighted by Crippen LogP contribution is 2.07. The van der Waals surface area contributed by atoms with Crippen molar-refractivity contribution in [1.82, 2.24) is 15.5 Å². The fourth-order valence-corrected chi connectivity index (χ4v) is 1.30. The molecule has 5 nitrogen and oxygen atoms in total. The van der Waals surface area contributed by atoms with E-state index in [4.69, 9.17) is 4.74 Å². The van der Waals surface area contributed by atoms with E-state index in [1.807, 2.05) is 30.3 Å². The molecule has 0 aromatic heterocycles. The average Bonchev–Trinajstić information content (AvgIpc) is 2.38. The Kier molecular flexibility index (Phi) is 6.64. The van der Waals surface area contributed by atoms with Crippen LogP contribution in [-0.2, 0) is 0 Å². The summed E-state index contributed by atoms with van der Waals surface area (Å²) >= 11 is 0. The van der Waals surface area contributed by atoms with Gasteiger partial charge in [0.25, 0.3) is 0 Å². The van der Waals surface area contributed by atoms with Gasteiger partial charge in [-0.2, -0.15) is 0 Å². The topological polar surface area (TPSA) is 53.6 Å². The molecule has 1 rings (SSSR count). The minimum absolute atomic E-state index is 0.0719. The molecule has 0 radical (unpaired) electrons. The zero-order chi connectivity index (χ0) is 13.2. The van der Waals surface area contributed by atoms with Crippen LogP contribution in [0.5, 0.6) is 5.75 Å². The third kappa shape index (κ3) is 6.10. The second kappa shape index (κ2) is 8.36. The van der Waals surface area contributed by atoms with Gasteiger partial charge in [0.2, 0.25) is 0 Å². The Labute approximate surface area is 108 Å². The smallest absolute Gasteiger partial charge is 0.316 e. The Morgan fingerprint density at radius 2 is 1.89 bits per heavy atom. The summed E-state index contributed by atoms with van der Waals surface area (Å²) in [4.78, 5) is 12.7. The van der Waals surface area contributed by atoms with E-state index in [9.17, 15) is 4.79 Å². The molecule has 0 saturated carbocycles. The molecule has 0 heterocycles. The van der Waals surface area contributed by atoms with Crippen LogP contribution in [0.2, 0.25) is 0 Å². The van der Waals surface area contributed by atoms with Crippen molar-refractivity contribution in [3.05, 3.63) is 30.3 Å². The first kappa shape index (κ1) is 14.3. The van der Waals surface area contributed by atoms with Gasteiger partial charge in [0.05, 0.1) is 0 Å². The van der Waals surface area contributed by atoms with Crippen LogP contribution < -0.4 is 15.4 Å². The first-order valence-corrected chi connectivity index (χ1v) is 6.04. The van der Waals surface area contributed by atoms with Crippen molar-refractivity contribution < 1.29 is 9.53 Å². The van der Waals surface area contributed by atoms with Gasteiger partial charge in [-0.3, -0.25) is 0 Å². The van der Waals surface area contributed by atoms with Crippen molar-refractivity contribution in [1.29, 1.82) is 0 Å². The number of ether oxygens (including phenoxy) is 1. The summed E-state index contributed by atoms with van der Waals surface area (Å²) in [5, 5.41) is 5.97. The zero-order valence-electron chi connectivity index (χ0n) is 11.0. The van der Waals surface area contributed by atoms with Crippen LogP contribution in [0.25, 0.3) is 0 Å². The van der Waals surface area contributed by atoms with E-state index in [-0.39, 0.29) is 6.03 Å². The molecular formula is C13H21N3O2. The minimum atomic E-state index is -0.0719. The second-order valence-electron chi connectivity index (χ2n) is 4.04. The molecule has 0 aliphatic carbocycles. The van der Waals surface area contributed by atoms with Crippen LogP contribution in [0.3, 0.4) is 0 Å². The molecule has 1 aromatic rings. The Morgan fingerprint density at radius 1 is 1.17 bits per heavy atom. The molecule has 1 aromatic carbocycles. The van der Waals surface area contributed by atoms with Gasteiger partial charge in [0.1, 0.15) is 12.4 Å². The van der Waals surface area contributed by atoms with Gasteiger partial charge in [0.15, 0.2) is 0 Å². The number of benzene rings is 1. The fourth-order valence-electron chi connectivity index (χ4n) is 1.30. The molecule has 18 heavy (non-hydrogen) atoms. The molecule has 2 amide bonds. The van der Waals surface area contributed by atoms with Crippen molar-refractivity contribution in [2.24, 2.45) is 0 Å². The number of hydrogen-bond donors (Lipinski definition) is 2.